The van der Waals surface area contributed by atoms with Crippen LogP contribution in [0.4, 0.5) is 10.5 Å². The number of carbonyl (C=O) groups is 1. The lowest BCUT2D eigenvalue weighted by atomic mass is 9.96. The second-order valence-corrected chi connectivity index (χ2v) is 5.58. The van der Waals surface area contributed by atoms with Crippen molar-refractivity contribution in [3.63, 3.8) is 0 Å². The van der Waals surface area contributed by atoms with E-state index in [1.54, 1.807) is 6.21 Å². The molecule has 1 amide bonds. The molecule has 114 valence electrons. The van der Waals surface area contributed by atoms with Gasteiger partial charge in [-0.15, -0.1) is 0 Å². The summed E-state index contributed by atoms with van der Waals surface area (Å²) in [5.74, 6) is 0. The Morgan fingerprint density at radius 3 is 2.52 bits per heavy atom. The third kappa shape index (κ3) is 5.10. The lowest BCUT2D eigenvalue weighted by Gasteiger charge is -2.21. The lowest BCUT2D eigenvalue weighted by Crippen LogP contribution is -2.35. The number of anilines is 1. The van der Waals surface area contributed by atoms with Crippen LogP contribution in [0.25, 0.3) is 0 Å². The summed E-state index contributed by atoms with van der Waals surface area (Å²) in [6, 6.07) is 8.08. The zero-order chi connectivity index (χ0) is 15.1. The molecule has 1 aliphatic carbocycles. The van der Waals surface area contributed by atoms with E-state index in [1.165, 1.54) is 19.3 Å². The Labute approximate surface area is 126 Å². The van der Waals surface area contributed by atoms with Crippen LogP contribution < -0.4 is 10.2 Å². The molecule has 5 heteroatoms. The average molecular weight is 289 g/mol. The molecule has 0 bridgehead atoms. The number of hydrogen-bond donors (Lipinski definition) is 1. The van der Waals surface area contributed by atoms with Gasteiger partial charge in [0.15, 0.2) is 0 Å². The molecule has 1 saturated carbocycles. The summed E-state index contributed by atoms with van der Waals surface area (Å²) >= 11 is 0. The van der Waals surface area contributed by atoms with Crippen LogP contribution >= 0.6 is 0 Å². The van der Waals surface area contributed by atoms with Crippen LogP contribution in [0.1, 0.15) is 37.7 Å². The Hall–Kier alpha value is -2.04. The average Bonchev–Trinajstić information content (AvgIpc) is 2.49. The molecular weight excluding hydrogens is 266 g/mol. The van der Waals surface area contributed by atoms with Gasteiger partial charge in [-0.3, -0.25) is 4.84 Å². The third-order valence-electron chi connectivity index (χ3n) is 3.67. The molecule has 5 nitrogen and oxygen atoms in total. The van der Waals surface area contributed by atoms with Gasteiger partial charge in [0.25, 0.3) is 0 Å². The van der Waals surface area contributed by atoms with Crippen LogP contribution in [0.5, 0.6) is 0 Å². The summed E-state index contributed by atoms with van der Waals surface area (Å²) in [4.78, 5) is 18.4. The molecule has 0 saturated heterocycles. The highest BCUT2D eigenvalue weighted by molar-refractivity contribution is 5.80. The van der Waals surface area contributed by atoms with E-state index in [0.29, 0.717) is 0 Å². The van der Waals surface area contributed by atoms with Crippen molar-refractivity contribution in [3.8, 4) is 0 Å². The van der Waals surface area contributed by atoms with E-state index in [1.807, 2.05) is 43.3 Å². The Kier molecular flexibility index (Phi) is 5.60. The number of oxime groups is 1. The first kappa shape index (κ1) is 15.4. The van der Waals surface area contributed by atoms with Gasteiger partial charge < -0.3 is 10.2 Å². The largest absolute Gasteiger partial charge is 0.433 e. The Morgan fingerprint density at radius 2 is 1.90 bits per heavy atom. The van der Waals surface area contributed by atoms with Gasteiger partial charge in [0.05, 0.1) is 6.21 Å². The maximum atomic E-state index is 11.6. The summed E-state index contributed by atoms with van der Waals surface area (Å²) in [6.45, 7) is 0. The summed E-state index contributed by atoms with van der Waals surface area (Å²) in [6.07, 6.45) is 6.74. The normalized spacial score (nSPS) is 15.9. The number of amides is 1. The van der Waals surface area contributed by atoms with Crippen molar-refractivity contribution >= 4 is 18.0 Å². The first-order valence-electron chi connectivity index (χ1n) is 7.43. The van der Waals surface area contributed by atoms with Gasteiger partial charge in [-0.25, -0.2) is 4.79 Å². The lowest BCUT2D eigenvalue weighted by molar-refractivity contribution is 0.144. The molecule has 1 N–H and O–H groups in total. The minimum absolute atomic E-state index is 0.237. The standard InChI is InChI=1S/C16H23N3O2/c1-19(2)15-10-8-13(9-11-15)12-17-21-16(20)18-14-6-4-3-5-7-14/h8-12,14H,3-7H2,1-2H3,(H,18,20). The van der Waals surface area contributed by atoms with Crippen molar-refractivity contribution in [1.29, 1.82) is 0 Å². The molecule has 1 aromatic rings. The summed E-state index contributed by atoms with van der Waals surface area (Å²) in [5.41, 5.74) is 2.01. The van der Waals surface area contributed by atoms with Crippen molar-refractivity contribution < 1.29 is 9.63 Å². The fraction of sp³-hybridized carbons (Fsp3) is 0.500. The van der Waals surface area contributed by atoms with Crippen LogP contribution in [0.15, 0.2) is 29.4 Å². The second-order valence-electron chi connectivity index (χ2n) is 5.58. The van der Waals surface area contributed by atoms with Gasteiger partial charge in [0, 0.05) is 25.8 Å². The Bertz CT molecular complexity index is 477. The molecule has 0 unspecified atom stereocenters. The minimum atomic E-state index is -0.469. The number of benzene rings is 1. The van der Waals surface area contributed by atoms with E-state index in [9.17, 15) is 4.79 Å². The highest BCUT2D eigenvalue weighted by atomic mass is 16.7. The number of carbonyl (C=O) groups excluding carboxylic acids is 1. The zero-order valence-corrected chi connectivity index (χ0v) is 12.7. The van der Waals surface area contributed by atoms with Crippen molar-refractivity contribution in [2.45, 2.75) is 38.1 Å². The van der Waals surface area contributed by atoms with Crippen LogP contribution in [0.2, 0.25) is 0 Å². The van der Waals surface area contributed by atoms with Gasteiger partial charge in [-0.1, -0.05) is 36.6 Å². The van der Waals surface area contributed by atoms with Crippen LogP contribution in [-0.2, 0) is 4.84 Å². The van der Waals surface area contributed by atoms with E-state index in [-0.39, 0.29) is 6.04 Å². The zero-order valence-electron chi connectivity index (χ0n) is 12.7. The van der Waals surface area contributed by atoms with Crippen LogP contribution in [0, 0.1) is 0 Å². The molecule has 2 rings (SSSR count). The summed E-state index contributed by atoms with van der Waals surface area (Å²) in [5, 5.41) is 6.58. The van der Waals surface area contributed by atoms with Gasteiger partial charge >= 0.3 is 6.09 Å². The molecule has 1 aromatic carbocycles. The van der Waals surface area contributed by atoms with Gasteiger partial charge in [-0.2, -0.15) is 0 Å². The predicted octanol–water partition coefficient (Wildman–Crippen LogP) is 3.15. The number of rotatable bonds is 4. The molecule has 0 spiro atoms. The number of nitrogens with one attached hydrogen (secondary N) is 1. The van der Waals surface area contributed by atoms with Crippen molar-refractivity contribution in [3.05, 3.63) is 29.8 Å². The Morgan fingerprint density at radius 1 is 1.24 bits per heavy atom. The maximum Gasteiger partial charge on any atom is 0.433 e. The van der Waals surface area contributed by atoms with Crippen LogP contribution in [0.3, 0.4) is 0 Å². The predicted molar refractivity (Wildman–Crippen MR) is 84.9 cm³/mol. The van der Waals surface area contributed by atoms with E-state index < -0.39 is 6.09 Å². The molecule has 1 aliphatic rings. The quantitative estimate of drug-likeness (QED) is 0.526. The molecule has 21 heavy (non-hydrogen) atoms. The molecule has 1 fully saturated rings. The second kappa shape index (κ2) is 7.67. The monoisotopic (exact) mass is 289 g/mol. The molecule has 0 heterocycles. The Balaban J connectivity index is 1.77. The van der Waals surface area contributed by atoms with Gasteiger partial charge in [-0.05, 0) is 30.5 Å². The highest BCUT2D eigenvalue weighted by Crippen LogP contribution is 2.17. The molecular formula is C16H23N3O2. The number of nitrogens with zero attached hydrogens (tertiary/aromatic N) is 2. The molecule has 0 aromatic heterocycles. The highest BCUT2D eigenvalue weighted by Gasteiger charge is 2.16. The van der Waals surface area contributed by atoms with Crippen molar-refractivity contribution in [2.24, 2.45) is 5.16 Å². The molecule has 0 atom stereocenters. The van der Waals surface area contributed by atoms with Gasteiger partial charge in [0.2, 0.25) is 0 Å². The molecule has 0 radical (unpaired) electrons. The number of hydrogen-bond acceptors (Lipinski definition) is 4. The smallest absolute Gasteiger partial charge is 0.378 e. The van der Waals surface area contributed by atoms with Gasteiger partial charge in [0.1, 0.15) is 0 Å². The first-order valence-corrected chi connectivity index (χ1v) is 7.43. The fourth-order valence-corrected chi connectivity index (χ4v) is 2.43. The molecule has 0 aliphatic heterocycles. The summed E-state index contributed by atoms with van der Waals surface area (Å²) in [7, 11) is 3.98. The van der Waals surface area contributed by atoms with Crippen LogP contribution in [-0.4, -0.2) is 32.4 Å². The van der Waals surface area contributed by atoms with E-state index >= 15 is 0 Å². The van der Waals surface area contributed by atoms with E-state index in [0.717, 1.165) is 24.1 Å². The SMILES string of the molecule is CN(C)c1ccc(C=NOC(=O)NC2CCCCC2)cc1. The summed E-state index contributed by atoms with van der Waals surface area (Å²) < 4.78 is 0. The minimum Gasteiger partial charge on any atom is -0.378 e. The third-order valence-corrected chi connectivity index (χ3v) is 3.67. The fourth-order valence-electron chi connectivity index (χ4n) is 2.43. The van der Waals surface area contributed by atoms with Crippen molar-refractivity contribution in [1.82, 2.24) is 5.32 Å². The van der Waals surface area contributed by atoms with Crippen molar-refractivity contribution in [2.75, 3.05) is 19.0 Å². The maximum absolute atomic E-state index is 11.6. The first-order chi connectivity index (χ1) is 10.1. The van der Waals surface area contributed by atoms with E-state index in [4.69, 9.17) is 4.84 Å². The van der Waals surface area contributed by atoms with E-state index in [2.05, 4.69) is 10.5 Å². The topological polar surface area (TPSA) is 53.9 Å².